The molecule has 1 aliphatic rings. The zero-order valence-corrected chi connectivity index (χ0v) is 21.5. The number of hydrogen-bond acceptors (Lipinski definition) is 6. The zero-order valence-electron chi connectivity index (χ0n) is 20.8. The molecule has 1 amide bonds. The fourth-order valence-corrected chi connectivity index (χ4v) is 4.41. The molecule has 4 rings (SSSR count). The molecule has 36 heavy (non-hydrogen) atoms. The van der Waals surface area contributed by atoms with Gasteiger partial charge in [0, 0.05) is 39.3 Å². The van der Waals surface area contributed by atoms with E-state index in [0.717, 1.165) is 16.9 Å². The summed E-state index contributed by atoms with van der Waals surface area (Å²) >= 11 is 5.89. The Bertz CT molecular complexity index is 1140. The van der Waals surface area contributed by atoms with E-state index in [1.807, 2.05) is 55.5 Å². The van der Waals surface area contributed by atoms with Crippen LogP contribution in [0.15, 0.2) is 60.9 Å². The normalized spacial score (nSPS) is 18.6. The van der Waals surface area contributed by atoms with Gasteiger partial charge in [0.15, 0.2) is 0 Å². The first-order valence-electron chi connectivity index (χ1n) is 12.1. The first kappa shape index (κ1) is 26.0. The molecule has 1 saturated heterocycles. The van der Waals surface area contributed by atoms with Crippen LogP contribution in [0.5, 0.6) is 11.5 Å². The third kappa shape index (κ3) is 7.46. The van der Waals surface area contributed by atoms with Crippen LogP contribution in [0, 0.1) is 6.92 Å². The summed E-state index contributed by atoms with van der Waals surface area (Å²) in [7, 11) is 0. The van der Waals surface area contributed by atoms with E-state index in [4.69, 9.17) is 21.1 Å². The van der Waals surface area contributed by atoms with Gasteiger partial charge in [0.2, 0.25) is 5.91 Å². The molecule has 0 bridgehead atoms. The number of β-amino-alcohol motifs (C(OH)–C–C–N with tert-alkyl or cyclic N) is 1. The standard InChI is InChI=1S/C27H33ClN4O4/c1-21-3-7-26(8-4-21)36-20-27(34)18-30(11-12-31(19-27)22(2)33)16-23-5-9-25(10-6-23)35-14-13-32-17-24(28)15-29-32/h3-10,15,17,34H,11-14,16,18-20H2,1-2H3/t27-/m1/s1. The zero-order chi connectivity index (χ0) is 25.5. The molecule has 8 nitrogen and oxygen atoms in total. The Hall–Kier alpha value is -3.07. The van der Waals surface area contributed by atoms with E-state index in [2.05, 4.69) is 10.00 Å². The molecule has 3 aromatic rings. The molecule has 1 N–H and O–H groups in total. The molecule has 0 spiro atoms. The molecule has 1 fully saturated rings. The van der Waals surface area contributed by atoms with Gasteiger partial charge >= 0.3 is 0 Å². The van der Waals surface area contributed by atoms with Gasteiger partial charge < -0.3 is 19.5 Å². The quantitative estimate of drug-likeness (QED) is 0.473. The second-order valence-corrected chi connectivity index (χ2v) is 9.83. The van der Waals surface area contributed by atoms with Crippen molar-refractivity contribution in [3.8, 4) is 11.5 Å². The number of carbonyl (C=O) groups is 1. The minimum atomic E-state index is -1.19. The number of carbonyl (C=O) groups excluding carboxylic acids is 1. The average molecular weight is 513 g/mol. The fourth-order valence-electron chi connectivity index (χ4n) is 4.26. The molecule has 0 saturated carbocycles. The number of aromatic nitrogens is 2. The summed E-state index contributed by atoms with van der Waals surface area (Å²) in [6.45, 7) is 7.24. The summed E-state index contributed by atoms with van der Waals surface area (Å²) in [5, 5.41) is 16.2. The Morgan fingerprint density at radius 3 is 2.42 bits per heavy atom. The summed E-state index contributed by atoms with van der Waals surface area (Å²) in [5.74, 6) is 1.42. The molecule has 0 unspecified atom stereocenters. The van der Waals surface area contributed by atoms with Crippen LogP contribution in [-0.4, -0.2) is 75.6 Å². The van der Waals surface area contributed by atoms with Gasteiger partial charge in [0.25, 0.3) is 0 Å². The number of halogens is 1. The van der Waals surface area contributed by atoms with E-state index < -0.39 is 5.60 Å². The number of rotatable bonds is 9. The lowest BCUT2D eigenvalue weighted by molar-refractivity contribution is -0.132. The lowest BCUT2D eigenvalue weighted by Gasteiger charge is -2.32. The Morgan fingerprint density at radius 2 is 1.75 bits per heavy atom. The first-order chi connectivity index (χ1) is 17.3. The summed E-state index contributed by atoms with van der Waals surface area (Å²) in [6.07, 6.45) is 3.36. The number of ether oxygens (including phenoxy) is 2. The average Bonchev–Trinajstić information content (AvgIpc) is 3.18. The van der Waals surface area contributed by atoms with Gasteiger partial charge in [0.1, 0.15) is 30.3 Å². The van der Waals surface area contributed by atoms with E-state index in [9.17, 15) is 9.90 Å². The summed E-state index contributed by atoms with van der Waals surface area (Å²) < 4.78 is 13.5. The number of hydrogen-bond donors (Lipinski definition) is 1. The van der Waals surface area contributed by atoms with Crippen molar-refractivity contribution in [1.82, 2.24) is 19.6 Å². The maximum absolute atomic E-state index is 12.2. The van der Waals surface area contributed by atoms with E-state index >= 15 is 0 Å². The number of aryl methyl sites for hydroxylation is 1. The molecular weight excluding hydrogens is 480 g/mol. The van der Waals surface area contributed by atoms with Crippen LogP contribution < -0.4 is 9.47 Å². The van der Waals surface area contributed by atoms with Crippen molar-refractivity contribution in [3.05, 3.63) is 77.1 Å². The van der Waals surface area contributed by atoms with Crippen molar-refractivity contribution < 1.29 is 19.4 Å². The van der Waals surface area contributed by atoms with Crippen molar-refractivity contribution >= 4 is 17.5 Å². The second kappa shape index (κ2) is 11.8. The molecule has 1 aliphatic heterocycles. The molecule has 1 atom stereocenters. The van der Waals surface area contributed by atoms with Crippen LogP contribution in [0.1, 0.15) is 18.1 Å². The highest BCUT2D eigenvalue weighted by atomic mass is 35.5. The van der Waals surface area contributed by atoms with Gasteiger partial charge in [-0.25, -0.2) is 0 Å². The number of nitrogens with zero attached hydrogens (tertiary/aromatic N) is 4. The van der Waals surface area contributed by atoms with E-state index in [-0.39, 0.29) is 19.1 Å². The highest BCUT2D eigenvalue weighted by molar-refractivity contribution is 6.30. The molecule has 9 heteroatoms. The molecule has 192 valence electrons. The van der Waals surface area contributed by atoms with E-state index in [1.54, 1.807) is 22.0 Å². The fraction of sp³-hybridized carbons (Fsp3) is 0.407. The van der Waals surface area contributed by atoms with Crippen molar-refractivity contribution in [2.75, 3.05) is 39.4 Å². The van der Waals surface area contributed by atoms with Crippen molar-refractivity contribution in [3.63, 3.8) is 0 Å². The summed E-state index contributed by atoms with van der Waals surface area (Å²) in [6, 6.07) is 15.7. The predicted molar refractivity (Wildman–Crippen MR) is 138 cm³/mol. The third-order valence-corrected chi connectivity index (χ3v) is 6.38. The highest BCUT2D eigenvalue weighted by Crippen LogP contribution is 2.21. The molecule has 0 aliphatic carbocycles. The SMILES string of the molecule is CC(=O)N1CCN(Cc2ccc(OCCn3cc(Cl)cn3)cc2)C[C@](O)(COc2ccc(C)cc2)C1. The molecule has 2 heterocycles. The van der Waals surface area contributed by atoms with Crippen molar-refractivity contribution in [2.24, 2.45) is 0 Å². The van der Waals surface area contributed by atoms with Gasteiger partial charge in [-0.05, 0) is 36.8 Å². The Morgan fingerprint density at radius 1 is 1.06 bits per heavy atom. The van der Waals surface area contributed by atoms with Gasteiger partial charge in [-0.15, -0.1) is 0 Å². The van der Waals surface area contributed by atoms with Crippen LogP contribution in [0.2, 0.25) is 5.02 Å². The minimum Gasteiger partial charge on any atom is -0.492 e. The van der Waals surface area contributed by atoms with Crippen LogP contribution in [-0.2, 0) is 17.9 Å². The lowest BCUT2D eigenvalue weighted by Crippen LogP contribution is -2.51. The Kier molecular flexibility index (Phi) is 8.51. The topological polar surface area (TPSA) is 80.1 Å². The van der Waals surface area contributed by atoms with Crippen molar-refractivity contribution in [1.29, 1.82) is 0 Å². The lowest BCUT2D eigenvalue weighted by atomic mass is 10.0. The predicted octanol–water partition coefficient (Wildman–Crippen LogP) is 3.40. The molecule has 2 aromatic carbocycles. The maximum atomic E-state index is 12.2. The summed E-state index contributed by atoms with van der Waals surface area (Å²) in [4.78, 5) is 16.0. The monoisotopic (exact) mass is 512 g/mol. The van der Waals surface area contributed by atoms with Crippen LogP contribution in [0.3, 0.4) is 0 Å². The maximum Gasteiger partial charge on any atom is 0.219 e. The molecule has 0 radical (unpaired) electrons. The Labute approximate surface area is 217 Å². The summed E-state index contributed by atoms with van der Waals surface area (Å²) in [5.41, 5.74) is 1.05. The van der Waals surface area contributed by atoms with E-state index in [1.165, 1.54) is 6.92 Å². The Balaban J connectivity index is 1.35. The van der Waals surface area contributed by atoms with Crippen LogP contribution >= 0.6 is 11.6 Å². The largest absolute Gasteiger partial charge is 0.492 e. The van der Waals surface area contributed by atoms with Gasteiger partial charge in [-0.1, -0.05) is 41.4 Å². The van der Waals surface area contributed by atoms with Gasteiger partial charge in [0.05, 0.1) is 24.3 Å². The van der Waals surface area contributed by atoms with Crippen LogP contribution in [0.25, 0.3) is 0 Å². The second-order valence-electron chi connectivity index (χ2n) is 9.39. The molecular formula is C27H33ClN4O4. The van der Waals surface area contributed by atoms with E-state index in [0.29, 0.717) is 50.1 Å². The minimum absolute atomic E-state index is 0.0514. The first-order valence-corrected chi connectivity index (χ1v) is 12.5. The van der Waals surface area contributed by atoms with Crippen molar-refractivity contribution in [2.45, 2.75) is 32.5 Å². The molecule has 1 aromatic heterocycles. The third-order valence-electron chi connectivity index (χ3n) is 6.18. The van der Waals surface area contributed by atoms with Gasteiger partial charge in [-0.2, -0.15) is 5.10 Å². The van der Waals surface area contributed by atoms with Crippen LogP contribution in [0.4, 0.5) is 0 Å². The number of amides is 1. The van der Waals surface area contributed by atoms with Gasteiger partial charge in [-0.3, -0.25) is 14.4 Å². The smallest absolute Gasteiger partial charge is 0.219 e. The number of benzene rings is 2. The highest BCUT2D eigenvalue weighted by Gasteiger charge is 2.36. The number of aliphatic hydroxyl groups is 1.